The lowest BCUT2D eigenvalue weighted by atomic mass is 10.0. The zero-order valence-corrected chi connectivity index (χ0v) is 10.2. The van der Waals surface area contributed by atoms with Crippen LogP contribution in [0.1, 0.15) is 57.0 Å². The molecule has 1 heterocycles. The number of rotatable bonds is 3. The molecule has 2 N–H and O–H groups in total. The highest BCUT2D eigenvalue weighted by Crippen LogP contribution is 2.33. The molecule has 2 rings (SSSR count). The van der Waals surface area contributed by atoms with Gasteiger partial charge in [0.05, 0.1) is 0 Å². The molecule has 1 fully saturated rings. The molecule has 1 aromatic rings. The van der Waals surface area contributed by atoms with E-state index in [4.69, 9.17) is 5.73 Å². The third kappa shape index (κ3) is 2.71. The molecule has 3 nitrogen and oxygen atoms in total. The van der Waals surface area contributed by atoms with Crippen LogP contribution in [0.3, 0.4) is 0 Å². The van der Waals surface area contributed by atoms with Crippen LogP contribution >= 0.6 is 0 Å². The van der Waals surface area contributed by atoms with Crippen molar-refractivity contribution in [3.63, 3.8) is 0 Å². The van der Waals surface area contributed by atoms with E-state index in [9.17, 15) is 0 Å². The van der Waals surface area contributed by atoms with Crippen molar-refractivity contribution in [3.8, 4) is 0 Å². The fourth-order valence-corrected chi connectivity index (χ4v) is 2.43. The average Bonchev–Trinajstić information content (AvgIpc) is 2.67. The predicted molar refractivity (Wildman–Crippen MR) is 66.2 cm³/mol. The molecule has 1 aromatic heterocycles. The summed E-state index contributed by atoms with van der Waals surface area (Å²) in [7, 11) is 0. The van der Waals surface area contributed by atoms with Crippen LogP contribution < -0.4 is 5.73 Å². The number of anilines is 1. The van der Waals surface area contributed by atoms with E-state index in [-0.39, 0.29) is 0 Å². The van der Waals surface area contributed by atoms with Crippen molar-refractivity contribution in [2.75, 3.05) is 5.73 Å². The first-order valence-electron chi connectivity index (χ1n) is 6.28. The summed E-state index contributed by atoms with van der Waals surface area (Å²) in [4.78, 5) is 8.98. The number of nitrogen functional groups attached to an aromatic ring is 1. The third-order valence-electron chi connectivity index (χ3n) is 3.18. The van der Waals surface area contributed by atoms with Gasteiger partial charge < -0.3 is 5.73 Å². The van der Waals surface area contributed by atoms with Crippen LogP contribution in [0.2, 0.25) is 0 Å². The zero-order valence-electron chi connectivity index (χ0n) is 10.2. The molecule has 0 atom stereocenters. The highest BCUT2D eigenvalue weighted by atomic mass is 14.9. The molecule has 1 aliphatic rings. The van der Waals surface area contributed by atoms with Gasteiger partial charge in [0.15, 0.2) is 0 Å². The average molecular weight is 219 g/mol. The van der Waals surface area contributed by atoms with Crippen LogP contribution in [0.4, 0.5) is 5.82 Å². The highest BCUT2D eigenvalue weighted by molar-refractivity contribution is 5.31. The maximum absolute atomic E-state index is 5.85. The zero-order chi connectivity index (χ0) is 11.5. The summed E-state index contributed by atoms with van der Waals surface area (Å²) in [6, 6.07) is 1.96. The minimum Gasteiger partial charge on any atom is -0.384 e. The molecule has 0 saturated heterocycles. The monoisotopic (exact) mass is 219 g/mol. The second-order valence-electron chi connectivity index (χ2n) is 5.21. The molecule has 1 saturated carbocycles. The summed E-state index contributed by atoms with van der Waals surface area (Å²) >= 11 is 0. The molecular weight excluding hydrogens is 198 g/mol. The van der Waals surface area contributed by atoms with Crippen molar-refractivity contribution in [1.29, 1.82) is 0 Å². The fraction of sp³-hybridized carbons (Fsp3) is 0.692. The summed E-state index contributed by atoms with van der Waals surface area (Å²) in [6.07, 6.45) is 6.10. The van der Waals surface area contributed by atoms with Gasteiger partial charge in [-0.15, -0.1) is 0 Å². The fourth-order valence-electron chi connectivity index (χ4n) is 2.43. The standard InChI is InChI=1S/C13H21N3/c1-9(2)7-13-15-11(8-12(14)16-13)10-5-3-4-6-10/h8-10H,3-7H2,1-2H3,(H2,14,15,16). The topological polar surface area (TPSA) is 51.8 Å². The van der Waals surface area contributed by atoms with Crippen molar-refractivity contribution < 1.29 is 0 Å². The van der Waals surface area contributed by atoms with Gasteiger partial charge in [0.25, 0.3) is 0 Å². The van der Waals surface area contributed by atoms with E-state index in [2.05, 4.69) is 23.8 Å². The Labute approximate surface area is 97.5 Å². The van der Waals surface area contributed by atoms with Crippen LogP contribution in [0.15, 0.2) is 6.07 Å². The molecule has 3 heteroatoms. The van der Waals surface area contributed by atoms with Gasteiger partial charge in [0, 0.05) is 24.1 Å². The van der Waals surface area contributed by atoms with Gasteiger partial charge in [-0.25, -0.2) is 9.97 Å². The first kappa shape index (κ1) is 11.4. The molecule has 0 bridgehead atoms. The van der Waals surface area contributed by atoms with E-state index in [1.165, 1.54) is 31.4 Å². The maximum atomic E-state index is 5.85. The largest absolute Gasteiger partial charge is 0.384 e. The van der Waals surface area contributed by atoms with Crippen molar-refractivity contribution in [3.05, 3.63) is 17.6 Å². The van der Waals surface area contributed by atoms with E-state index in [1.807, 2.05) is 6.07 Å². The SMILES string of the molecule is CC(C)Cc1nc(N)cc(C2CCCC2)n1. The van der Waals surface area contributed by atoms with Gasteiger partial charge >= 0.3 is 0 Å². The van der Waals surface area contributed by atoms with E-state index in [0.29, 0.717) is 17.7 Å². The molecule has 0 unspecified atom stereocenters. The maximum Gasteiger partial charge on any atom is 0.131 e. The predicted octanol–water partition coefficient (Wildman–Crippen LogP) is 2.91. The van der Waals surface area contributed by atoms with Crippen molar-refractivity contribution in [1.82, 2.24) is 9.97 Å². The van der Waals surface area contributed by atoms with Gasteiger partial charge in [-0.2, -0.15) is 0 Å². The Morgan fingerprint density at radius 3 is 2.62 bits per heavy atom. The quantitative estimate of drug-likeness (QED) is 0.850. The van der Waals surface area contributed by atoms with Gasteiger partial charge in [-0.1, -0.05) is 26.7 Å². The number of hydrogen-bond donors (Lipinski definition) is 1. The van der Waals surface area contributed by atoms with Crippen LogP contribution in [-0.2, 0) is 6.42 Å². The lowest BCUT2D eigenvalue weighted by Gasteiger charge is -2.11. The lowest BCUT2D eigenvalue weighted by molar-refractivity contribution is 0.608. The molecule has 0 aliphatic heterocycles. The molecule has 0 amide bonds. The van der Waals surface area contributed by atoms with E-state index in [0.717, 1.165) is 12.2 Å². The van der Waals surface area contributed by atoms with Gasteiger partial charge in [0.2, 0.25) is 0 Å². The first-order valence-corrected chi connectivity index (χ1v) is 6.28. The molecule has 0 spiro atoms. The van der Waals surface area contributed by atoms with Crippen LogP contribution in [-0.4, -0.2) is 9.97 Å². The number of nitrogens with zero attached hydrogens (tertiary/aromatic N) is 2. The number of nitrogens with two attached hydrogens (primary N) is 1. The molecule has 0 aromatic carbocycles. The summed E-state index contributed by atoms with van der Waals surface area (Å²) < 4.78 is 0. The van der Waals surface area contributed by atoms with Crippen LogP contribution in [0.5, 0.6) is 0 Å². The van der Waals surface area contributed by atoms with Crippen molar-refractivity contribution in [2.45, 2.75) is 51.9 Å². The van der Waals surface area contributed by atoms with Crippen molar-refractivity contribution >= 4 is 5.82 Å². The first-order chi connectivity index (χ1) is 7.65. The normalized spacial score (nSPS) is 17.2. The second-order valence-corrected chi connectivity index (χ2v) is 5.21. The Hall–Kier alpha value is -1.12. The highest BCUT2D eigenvalue weighted by Gasteiger charge is 2.19. The Bertz CT molecular complexity index is 354. The molecular formula is C13H21N3. The van der Waals surface area contributed by atoms with E-state index < -0.39 is 0 Å². The number of aromatic nitrogens is 2. The minimum atomic E-state index is 0.582. The summed E-state index contributed by atoms with van der Waals surface area (Å²) in [6.45, 7) is 4.36. The molecule has 0 radical (unpaired) electrons. The van der Waals surface area contributed by atoms with E-state index in [1.54, 1.807) is 0 Å². The smallest absolute Gasteiger partial charge is 0.131 e. The third-order valence-corrected chi connectivity index (χ3v) is 3.18. The van der Waals surface area contributed by atoms with Crippen molar-refractivity contribution in [2.24, 2.45) is 5.92 Å². The van der Waals surface area contributed by atoms with Crippen LogP contribution in [0.25, 0.3) is 0 Å². The molecule has 16 heavy (non-hydrogen) atoms. The van der Waals surface area contributed by atoms with E-state index >= 15 is 0 Å². The Balaban J connectivity index is 2.20. The summed E-state index contributed by atoms with van der Waals surface area (Å²) in [5.41, 5.74) is 7.02. The molecule has 88 valence electrons. The van der Waals surface area contributed by atoms with Crippen LogP contribution in [0, 0.1) is 5.92 Å². The van der Waals surface area contributed by atoms with Gasteiger partial charge in [0.1, 0.15) is 11.6 Å². The Morgan fingerprint density at radius 2 is 2.00 bits per heavy atom. The Morgan fingerprint density at radius 1 is 1.31 bits per heavy atom. The molecule has 1 aliphatic carbocycles. The Kier molecular flexibility index (Phi) is 3.42. The minimum absolute atomic E-state index is 0.582. The lowest BCUT2D eigenvalue weighted by Crippen LogP contribution is -2.08. The number of hydrogen-bond acceptors (Lipinski definition) is 3. The summed E-state index contributed by atoms with van der Waals surface area (Å²) in [5.74, 6) is 2.75. The van der Waals surface area contributed by atoms with Gasteiger partial charge in [-0.05, 0) is 18.8 Å². The second kappa shape index (κ2) is 4.81. The van der Waals surface area contributed by atoms with Gasteiger partial charge in [-0.3, -0.25) is 0 Å². The summed E-state index contributed by atoms with van der Waals surface area (Å²) in [5, 5.41) is 0.